The quantitative estimate of drug-likeness (QED) is 0.849. The molecule has 5 nitrogen and oxygen atoms in total. The highest BCUT2D eigenvalue weighted by Gasteiger charge is 2.19. The number of methoxy groups -OCH3 is 1. The fourth-order valence-corrected chi connectivity index (χ4v) is 2.74. The summed E-state index contributed by atoms with van der Waals surface area (Å²) in [5.41, 5.74) is -0.0979. The zero-order valence-corrected chi connectivity index (χ0v) is 11.3. The van der Waals surface area contributed by atoms with Crippen molar-refractivity contribution in [3.63, 3.8) is 0 Å². The van der Waals surface area contributed by atoms with Gasteiger partial charge < -0.3 is 9.84 Å². The van der Waals surface area contributed by atoms with Gasteiger partial charge >= 0.3 is 0 Å². The van der Waals surface area contributed by atoms with E-state index >= 15 is 0 Å². The van der Waals surface area contributed by atoms with Crippen molar-refractivity contribution in [1.82, 2.24) is 0 Å². The number of hydrogen-bond donors (Lipinski definition) is 2. The average molecular weight is 297 g/mol. The molecule has 0 aliphatic rings. The SMILES string of the molecule is COc1cccc(O)c1NS(=O)(=O)c1cccc(F)c1. The second-order valence-corrected chi connectivity index (χ2v) is 5.60. The first kappa shape index (κ1) is 14.1. The molecule has 20 heavy (non-hydrogen) atoms. The summed E-state index contributed by atoms with van der Waals surface area (Å²) in [4.78, 5) is -0.247. The zero-order chi connectivity index (χ0) is 14.8. The third-order valence-corrected chi connectivity index (χ3v) is 3.91. The predicted molar refractivity (Wildman–Crippen MR) is 71.9 cm³/mol. The van der Waals surface area contributed by atoms with Crippen LogP contribution < -0.4 is 9.46 Å². The Morgan fingerprint density at radius 1 is 1.20 bits per heavy atom. The number of hydrogen-bond acceptors (Lipinski definition) is 4. The first-order valence-corrected chi connectivity index (χ1v) is 7.07. The van der Waals surface area contributed by atoms with Gasteiger partial charge in [-0.2, -0.15) is 0 Å². The van der Waals surface area contributed by atoms with E-state index in [4.69, 9.17) is 4.74 Å². The topological polar surface area (TPSA) is 75.6 Å². The van der Waals surface area contributed by atoms with Gasteiger partial charge in [-0.15, -0.1) is 0 Å². The lowest BCUT2D eigenvalue weighted by Crippen LogP contribution is -2.14. The molecule has 0 aliphatic carbocycles. The lowest BCUT2D eigenvalue weighted by molar-refractivity contribution is 0.411. The van der Waals surface area contributed by atoms with Crippen molar-refractivity contribution in [2.24, 2.45) is 0 Å². The number of aromatic hydroxyl groups is 1. The van der Waals surface area contributed by atoms with Gasteiger partial charge in [-0.3, -0.25) is 4.72 Å². The number of benzene rings is 2. The van der Waals surface area contributed by atoms with Crippen LogP contribution in [0.15, 0.2) is 47.4 Å². The van der Waals surface area contributed by atoms with Crippen LogP contribution in [-0.4, -0.2) is 20.6 Å². The first-order valence-electron chi connectivity index (χ1n) is 5.58. The van der Waals surface area contributed by atoms with Crippen LogP contribution in [0.1, 0.15) is 0 Å². The normalized spacial score (nSPS) is 11.1. The highest BCUT2D eigenvalue weighted by molar-refractivity contribution is 7.92. The summed E-state index contributed by atoms with van der Waals surface area (Å²) in [7, 11) is -2.68. The van der Waals surface area contributed by atoms with E-state index in [9.17, 15) is 17.9 Å². The van der Waals surface area contributed by atoms with Gasteiger partial charge in [0.1, 0.15) is 23.0 Å². The van der Waals surface area contributed by atoms with Gasteiger partial charge in [0.15, 0.2) is 0 Å². The molecular formula is C13H12FNO4S. The summed E-state index contributed by atoms with van der Waals surface area (Å²) in [6.07, 6.45) is 0. The van der Waals surface area contributed by atoms with E-state index in [-0.39, 0.29) is 22.1 Å². The number of phenols is 1. The molecule has 0 fully saturated rings. The van der Waals surface area contributed by atoms with E-state index < -0.39 is 15.8 Å². The van der Waals surface area contributed by atoms with Gasteiger partial charge in [0.2, 0.25) is 0 Å². The molecule has 0 atom stereocenters. The van der Waals surface area contributed by atoms with Crippen LogP contribution >= 0.6 is 0 Å². The van der Waals surface area contributed by atoms with E-state index in [0.717, 1.165) is 12.1 Å². The van der Waals surface area contributed by atoms with E-state index in [1.165, 1.54) is 37.4 Å². The molecule has 0 spiro atoms. The van der Waals surface area contributed by atoms with Crippen LogP contribution in [0.4, 0.5) is 10.1 Å². The van der Waals surface area contributed by atoms with Gasteiger partial charge in [-0.25, -0.2) is 12.8 Å². The van der Waals surface area contributed by atoms with Gasteiger partial charge in [0.05, 0.1) is 12.0 Å². The lowest BCUT2D eigenvalue weighted by Gasteiger charge is -2.13. The summed E-state index contributed by atoms with van der Waals surface area (Å²) in [5.74, 6) is -0.800. The fraction of sp³-hybridized carbons (Fsp3) is 0.0769. The number of phenolic OH excluding ortho intramolecular Hbond substituents is 1. The number of anilines is 1. The highest BCUT2D eigenvalue weighted by atomic mass is 32.2. The molecule has 2 rings (SSSR count). The van der Waals surface area contributed by atoms with E-state index in [1.807, 2.05) is 0 Å². The Labute approximate surface area is 115 Å². The molecule has 0 saturated heterocycles. The smallest absolute Gasteiger partial charge is 0.262 e. The van der Waals surface area contributed by atoms with Crippen molar-refractivity contribution in [3.05, 3.63) is 48.3 Å². The molecule has 106 valence electrons. The van der Waals surface area contributed by atoms with Crippen molar-refractivity contribution in [1.29, 1.82) is 0 Å². The third-order valence-electron chi connectivity index (χ3n) is 2.57. The van der Waals surface area contributed by atoms with Crippen molar-refractivity contribution < 1.29 is 22.7 Å². The van der Waals surface area contributed by atoms with Crippen LogP contribution in [0, 0.1) is 5.82 Å². The summed E-state index contributed by atoms with van der Waals surface area (Å²) in [5, 5.41) is 9.71. The molecule has 0 unspecified atom stereocenters. The van der Waals surface area contributed by atoms with Crippen molar-refractivity contribution >= 4 is 15.7 Å². The molecule has 0 aromatic heterocycles. The highest BCUT2D eigenvalue weighted by Crippen LogP contribution is 2.34. The monoisotopic (exact) mass is 297 g/mol. The molecule has 0 heterocycles. The molecule has 2 aromatic carbocycles. The second kappa shape index (κ2) is 5.38. The average Bonchev–Trinajstić information content (AvgIpc) is 2.41. The van der Waals surface area contributed by atoms with Gasteiger partial charge in [-0.1, -0.05) is 12.1 Å². The number of halogens is 1. The van der Waals surface area contributed by atoms with Gasteiger partial charge in [0.25, 0.3) is 10.0 Å². The predicted octanol–water partition coefficient (Wildman–Crippen LogP) is 2.34. The molecule has 0 radical (unpaired) electrons. The minimum atomic E-state index is -4.02. The van der Waals surface area contributed by atoms with Gasteiger partial charge in [0, 0.05) is 0 Å². The lowest BCUT2D eigenvalue weighted by atomic mass is 10.3. The summed E-state index contributed by atoms with van der Waals surface area (Å²) >= 11 is 0. The summed E-state index contributed by atoms with van der Waals surface area (Å²) in [6.45, 7) is 0. The van der Waals surface area contributed by atoms with Crippen LogP contribution in [0.2, 0.25) is 0 Å². The third kappa shape index (κ3) is 2.83. The fourth-order valence-electron chi connectivity index (χ4n) is 1.62. The Morgan fingerprint density at radius 2 is 1.90 bits per heavy atom. The van der Waals surface area contributed by atoms with Crippen LogP contribution in [0.3, 0.4) is 0 Å². The second-order valence-electron chi connectivity index (χ2n) is 3.92. The van der Waals surface area contributed by atoms with Crippen molar-refractivity contribution in [3.8, 4) is 11.5 Å². The number of ether oxygens (including phenoxy) is 1. The maximum absolute atomic E-state index is 13.1. The summed E-state index contributed by atoms with van der Waals surface area (Å²) in [6, 6.07) is 8.86. The van der Waals surface area contributed by atoms with Crippen molar-refractivity contribution in [2.45, 2.75) is 4.90 Å². The van der Waals surface area contributed by atoms with Crippen LogP contribution in [-0.2, 0) is 10.0 Å². The molecule has 0 aliphatic heterocycles. The Kier molecular flexibility index (Phi) is 3.80. The number of sulfonamides is 1. The number of nitrogens with one attached hydrogen (secondary N) is 1. The molecule has 2 N–H and O–H groups in total. The molecular weight excluding hydrogens is 285 g/mol. The largest absolute Gasteiger partial charge is 0.506 e. The molecule has 0 bridgehead atoms. The number of para-hydroxylation sites is 1. The number of rotatable bonds is 4. The minimum Gasteiger partial charge on any atom is -0.506 e. The van der Waals surface area contributed by atoms with Crippen LogP contribution in [0.5, 0.6) is 11.5 Å². The van der Waals surface area contributed by atoms with Gasteiger partial charge in [-0.05, 0) is 30.3 Å². The zero-order valence-electron chi connectivity index (χ0n) is 10.5. The maximum Gasteiger partial charge on any atom is 0.262 e. The minimum absolute atomic E-state index is 0.0979. The molecule has 0 saturated carbocycles. The Hall–Kier alpha value is -2.28. The Balaban J connectivity index is 2.44. The molecule has 0 amide bonds. The standard InChI is InChI=1S/C13H12FNO4S/c1-19-12-7-3-6-11(16)13(12)15-20(17,18)10-5-2-4-9(14)8-10/h2-8,15-16H,1H3. The van der Waals surface area contributed by atoms with E-state index in [0.29, 0.717) is 0 Å². The molecule has 7 heteroatoms. The molecule has 2 aromatic rings. The van der Waals surface area contributed by atoms with Crippen molar-refractivity contribution in [2.75, 3.05) is 11.8 Å². The van der Waals surface area contributed by atoms with E-state index in [2.05, 4.69) is 4.72 Å². The maximum atomic E-state index is 13.1. The Bertz CT molecular complexity index is 731. The van der Waals surface area contributed by atoms with Crippen LogP contribution in [0.25, 0.3) is 0 Å². The Morgan fingerprint density at radius 3 is 2.55 bits per heavy atom. The summed E-state index contributed by atoms with van der Waals surface area (Å²) < 4.78 is 44.5. The van der Waals surface area contributed by atoms with E-state index in [1.54, 1.807) is 0 Å². The first-order chi connectivity index (χ1) is 9.44.